The van der Waals surface area contributed by atoms with E-state index in [4.69, 9.17) is 13.9 Å². The Bertz CT molecular complexity index is 1580. The molecule has 0 bridgehead atoms. The molecule has 0 fully saturated rings. The summed E-state index contributed by atoms with van der Waals surface area (Å²) in [6.45, 7) is 0. The number of aromatic nitrogens is 1. The van der Waals surface area contributed by atoms with Gasteiger partial charge in [-0.1, -0.05) is 18.2 Å². The Labute approximate surface area is 202 Å². The number of nitrogens with one attached hydrogen (secondary N) is 1. The number of benzene rings is 2. The fourth-order valence-electron chi connectivity index (χ4n) is 3.25. The van der Waals surface area contributed by atoms with Crippen LogP contribution in [0.25, 0.3) is 27.8 Å². The molecule has 0 spiro atoms. The number of hydrogen-bond donors (Lipinski definition) is 1. The monoisotopic (exact) mass is 487 g/mol. The van der Waals surface area contributed by atoms with Gasteiger partial charge in [0, 0.05) is 17.0 Å². The Morgan fingerprint density at radius 1 is 1.11 bits per heavy atom. The molecule has 1 N–H and O–H groups in total. The Morgan fingerprint density at radius 2 is 1.89 bits per heavy atom. The van der Waals surface area contributed by atoms with Gasteiger partial charge in [0.25, 0.3) is 0 Å². The lowest BCUT2D eigenvalue weighted by atomic mass is 10.1. The van der Waals surface area contributed by atoms with E-state index in [9.17, 15) is 19.6 Å². The fraction of sp³-hybridized carbons (Fsp3) is 0.0800. The predicted octanol–water partition coefficient (Wildman–Crippen LogP) is 4.47. The maximum absolute atomic E-state index is 12.5. The quantitative estimate of drug-likeness (QED) is 0.238. The summed E-state index contributed by atoms with van der Waals surface area (Å²) in [6.07, 6.45) is 1.36. The van der Waals surface area contributed by atoms with Gasteiger partial charge in [0.15, 0.2) is 0 Å². The average Bonchev–Trinajstić information content (AvgIpc) is 3.37. The van der Waals surface area contributed by atoms with Crippen LogP contribution in [0.5, 0.6) is 0 Å². The smallest absolute Gasteiger partial charge is 0.345 e. The number of rotatable bonds is 6. The molecule has 10 heteroatoms. The van der Waals surface area contributed by atoms with Crippen LogP contribution in [0.4, 0.5) is 5.69 Å². The minimum Gasteiger partial charge on any atom is -0.465 e. The van der Waals surface area contributed by atoms with Crippen LogP contribution in [0.1, 0.15) is 25.7 Å². The van der Waals surface area contributed by atoms with E-state index in [1.54, 1.807) is 23.6 Å². The van der Waals surface area contributed by atoms with Crippen molar-refractivity contribution in [3.05, 3.63) is 86.7 Å². The number of nitrogens with zero attached hydrogens (tertiary/aromatic N) is 2. The maximum Gasteiger partial charge on any atom is 0.345 e. The second kappa shape index (κ2) is 10.0. The summed E-state index contributed by atoms with van der Waals surface area (Å²) in [5.74, 6) is -1.22. The molecule has 0 atom stereocenters. The predicted molar refractivity (Wildman–Crippen MR) is 130 cm³/mol. The van der Waals surface area contributed by atoms with Gasteiger partial charge >= 0.3 is 17.6 Å². The molecule has 0 amide bonds. The van der Waals surface area contributed by atoms with Crippen LogP contribution in [0.15, 0.2) is 69.3 Å². The molecular formula is C25H17N3O6S. The second-order valence-electron chi connectivity index (χ2n) is 7.08. The topological polar surface area (TPSA) is 132 Å². The molecule has 2 aromatic carbocycles. The Morgan fingerprint density at radius 3 is 2.63 bits per heavy atom. The molecule has 0 saturated carbocycles. The van der Waals surface area contributed by atoms with E-state index in [1.807, 2.05) is 18.2 Å². The van der Waals surface area contributed by atoms with Crippen molar-refractivity contribution in [1.29, 1.82) is 5.26 Å². The van der Waals surface area contributed by atoms with Gasteiger partial charge in [-0.3, -0.25) is 0 Å². The van der Waals surface area contributed by atoms with Gasteiger partial charge in [-0.2, -0.15) is 5.26 Å². The molecular weight excluding hydrogens is 470 g/mol. The highest BCUT2D eigenvalue weighted by molar-refractivity contribution is 7.11. The van der Waals surface area contributed by atoms with Gasteiger partial charge in [-0.25, -0.2) is 19.4 Å². The van der Waals surface area contributed by atoms with Crippen LogP contribution < -0.4 is 10.9 Å². The van der Waals surface area contributed by atoms with Crippen molar-refractivity contribution in [2.75, 3.05) is 19.5 Å². The Balaban J connectivity index is 1.68. The van der Waals surface area contributed by atoms with Crippen LogP contribution >= 0.6 is 11.3 Å². The van der Waals surface area contributed by atoms with Crippen molar-refractivity contribution < 1.29 is 23.5 Å². The summed E-state index contributed by atoms with van der Waals surface area (Å²) in [6, 6.07) is 15.1. The number of ether oxygens (including phenoxy) is 2. The third kappa shape index (κ3) is 4.80. The van der Waals surface area contributed by atoms with E-state index in [1.165, 1.54) is 38.6 Å². The molecule has 174 valence electrons. The van der Waals surface area contributed by atoms with E-state index in [0.29, 0.717) is 16.3 Å². The number of anilines is 1. The molecule has 4 aromatic rings. The first-order valence-electron chi connectivity index (χ1n) is 10.1. The molecule has 4 rings (SSSR count). The molecule has 0 aliphatic carbocycles. The van der Waals surface area contributed by atoms with Gasteiger partial charge in [0.05, 0.1) is 42.3 Å². The zero-order chi connectivity index (χ0) is 24.9. The molecule has 2 heterocycles. The lowest BCUT2D eigenvalue weighted by Crippen LogP contribution is -2.08. The van der Waals surface area contributed by atoms with E-state index >= 15 is 0 Å². The number of carbonyl (C=O) groups is 2. The zero-order valence-electron chi connectivity index (χ0n) is 18.5. The van der Waals surface area contributed by atoms with Crippen LogP contribution in [0, 0.1) is 11.3 Å². The standard InChI is InChI=1S/C25H17N3O6S/c1-32-23(29)15-7-8-17(24(30)33-2)19(10-15)27-12-16(11-26)22-28-20(13-35-22)18-9-14-5-3-4-6-21(14)34-25(18)31/h3-10,12-13,27H,1-2H3. The largest absolute Gasteiger partial charge is 0.465 e. The number of esters is 2. The van der Waals surface area contributed by atoms with Crippen LogP contribution in [-0.2, 0) is 9.47 Å². The summed E-state index contributed by atoms with van der Waals surface area (Å²) in [5.41, 5.74) is 1.31. The molecule has 0 saturated heterocycles. The van der Waals surface area contributed by atoms with E-state index in [2.05, 4.69) is 10.3 Å². The first-order chi connectivity index (χ1) is 16.9. The van der Waals surface area contributed by atoms with Gasteiger partial charge < -0.3 is 19.2 Å². The van der Waals surface area contributed by atoms with E-state index in [-0.39, 0.29) is 28.0 Å². The van der Waals surface area contributed by atoms with E-state index in [0.717, 1.165) is 16.7 Å². The molecule has 0 aliphatic rings. The summed E-state index contributed by atoms with van der Waals surface area (Å²) < 4.78 is 14.9. The average molecular weight is 487 g/mol. The molecule has 0 radical (unpaired) electrons. The molecule has 0 aliphatic heterocycles. The highest BCUT2D eigenvalue weighted by Crippen LogP contribution is 2.27. The summed E-state index contributed by atoms with van der Waals surface area (Å²) in [7, 11) is 2.48. The third-order valence-electron chi connectivity index (χ3n) is 4.99. The number of nitriles is 1. The summed E-state index contributed by atoms with van der Waals surface area (Å²) in [4.78, 5) is 40.9. The number of thiazole rings is 1. The maximum atomic E-state index is 12.5. The van der Waals surface area contributed by atoms with E-state index < -0.39 is 17.6 Å². The first kappa shape index (κ1) is 23.4. The lowest BCUT2D eigenvalue weighted by molar-refractivity contribution is 0.0587. The highest BCUT2D eigenvalue weighted by Gasteiger charge is 2.17. The summed E-state index contributed by atoms with van der Waals surface area (Å²) >= 11 is 1.16. The normalized spacial score (nSPS) is 11.1. The lowest BCUT2D eigenvalue weighted by Gasteiger charge is -2.10. The number of fused-ring (bicyclic) bond motifs is 1. The van der Waals surface area contributed by atoms with Crippen molar-refractivity contribution in [2.24, 2.45) is 0 Å². The SMILES string of the molecule is COC(=O)c1ccc(C(=O)OC)c(NC=C(C#N)c2nc(-c3cc4ccccc4oc3=O)cs2)c1. The van der Waals surface area contributed by atoms with Crippen molar-refractivity contribution in [3.8, 4) is 17.3 Å². The number of para-hydroxylation sites is 1. The first-order valence-corrected chi connectivity index (χ1v) is 11.0. The molecule has 9 nitrogen and oxygen atoms in total. The fourth-order valence-corrected chi connectivity index (χ4v) is 4.04. The molecule has 0 unspecified atom stereocenters. The number of carbonyl (C=O) groups excluding carboxylic acids is 2. The number of allylic oxidation sites excluding steroid dienone is 1. The van der Waals surface area contributed by atoms with Crippen LogP contribution in [0.2, 0.25) is 0 Å². The summed E-state index contributed by atoms with van der Waals surface area (Å²) in [5, 5.41) is 15.3. The van der Waals surface area contributed by atoms with Gasteiger partial charge in [-0.15, -0.1) is 11.3 Å². The Kier molecular flexibility index (Phi) is 6.71. The third-order valence-corrected chi connectivity index (χ3v) is 5.87. The van der Waals surface area contributed by atoms with Gasteiger partial charge in [0.1, 0.15) is 22.2 Å². The minimum atomic E-state index is -0.629. The van der Waals surface area contributed by atoms with Gasteiger partial charge in [0.2, 0.25) is 0 Å². The highest BCUT2D eigenvalue weighted by atomic mass is 32.1. The second-order valence-corrected chi connectivity index (χ2v) is 7.94. The van der Waals surface area contributed by atoms with Crippen LogP contribution in [0.3, 0.4) is 0 Å². The Hall–Kier alpha value is -4.75. The van der Waals surface area contributed by atoms with Crippen LogP contribution in [-0.4, -0.2) is 31.1 Å². The van der Waals surface area contributed by atoms with Crippen molar-refractivity contribution in [3.63, 3.8) is 0 Å². The molecule has 2 aromatic heterocycles. The number of hydrogen-bond acceptors (Lipinski definition) is 10. The minimum absolute atomic E-state index is 0.144. The molecule has 35 heavy (non-hydrogen) atoms. The van der Waals surface area contributed by atoms with Gasteiger partial charge in [-0.05, 0) is 30.3 Å². The zero-order valence-corrected chi connectivity index (χ0v) is 19.3. The van der Waals surface area contributed by atoms with Crippen molar-refractivity contribution in [2.45, 2.75) is 0 Å². The van der Waals surface area contributed by atoms with Crippen molar-refractivity contribution >= 4 is 45.5 Å². The van der Waals surface area contributed by atoms with Crippen molar-refractivity contribution in [1.82, 2.24) is 4.98 Å². The number of methoxy groups -OCH3 is 2.